The number of pyridine rings is 1. The highest BCUT2D eigenvalue weighted by Crippen LogP contribution is 2.26. The quantitative estimate of drug-likeness (QED) is 0.830. The molecule has 0 aliphatic heterocycles. The molecule has 1 aliphatic rings. The number of aromatic nitrogens is 1. The van der Waals surface area contributed by atoms with Crippen LogP contribution in [0.2, 0.25) is 0 Å². The van der Waals surface area contributed by atoms with Crippen LogP contribution in [0.4, 0.5) is 0 Å². The molecule has 0 aromatic carbocycles. The van der Waals surface area contributed by atoms with E-state index in [2.05, 4.69) is 10.3 Å². The molecule has 2 rings (SSSR count). The van der Waals surface area contributed by atoms with Gasteiger partial charge in [-0.15, -0.1) is 0 Å². The normalized spacial score (nSPS) is 15.4. The smallest absolute Gasteiger partial charge is 0.253 e. The van der Waals surface area contributed by atoms with Crippen LogP contribution in [0.25, 0.3) is 0 Å². The number of rotatable bonds is 3. The van der Waals surface area contributed by atoms with Crippen molar-refractivity contribution in [3.63, 3.8) is 0 Å². The number of H-pyrrole nitrogens is 1. The van der Waals surface area contributed by atoms with Crippen LogP contribution in [-0.2, 0) is 11.3 Å². The van der Waals surface area contributed by atoms with Gasteiger partial charge in [-0.1, -0.05) is 6.42 Å². The Bertz CT molecular complexity index is 487. The van der Waals surface area contributed by atoms with E-state index < -0.39 is 0 Å². The Hall–Kier alpha value is -1.58. The second-order valence-corrected chi connectivity index (χ2v) is 4.79. The summed E-state index contributed by atoms with van der Waals surface area (Å²) < 4.78 is 0. The minimum Gasteiger partial charge on any atom is -0.352 e. The minimum atomic E-state index is -0.101. The Kier molecular flexibility index (Phi) is 3.31. The monoisotopic (exact) mass is 234 g/mol. The van der Waals surface area contributed by atoms with Crippen molar-refractivity contribution in [3.05, 3.63) is 33.2 Å². The molecule has 1 amide bonds. The largest absolute Gasteiger partial charge is 0.352 e. The van der Waals surface area contributed by atoms with Crippen molar-refractivity contribution >= 4 is 5.91 Å². The maximum Gasteiger partial charge on any atom is 0.253 e. The van der Waals surface area contributed by atoms with Crippen LogP contribution in [-0.4, -0.2) is 10.9 Å². The molecule has 0 atom stereocenters. The number of carbonyl (C=O) groups excluding carboxylic acids is 1. The van der Waals surface area contributed by atoms with Gasteiger partial charge >= 0.3 is 0 Å². The number of nitrogens with one attached hydrogen (secondary N) is 2. The van der Waals surface area contributed by atoms with E-state index in [-0.39, 0.29) is 17.4 Å². The molecule has 0 spiro atoms. The van der Waals surface area contributed by atoms with Gasteiger partial charge in [0.15, 0.2) is 0 Å². The van der Waals surface area contributed by atoms with E-state index in [0.29, 0.717) is 12.1 Å². The summed E-state index contributed by atoms with van der Waals surface area (Å²) in [6, 6.07) is 1.92. The summed E-state index contributed by atoms with van der Waals surface area (Å²) in [5.74, 6) is 0.246. The highest BCUT2D eigenvalue weighted by molar-refractivity contribution is 5.79. The third kappa shape index (κ3) is 2.57. The second-order valence-electron chi connectivity index (χ2n) is 4.79. The van der Waals surface area contributed by atoms with Crippen LogP contribution in [0.5, 0.6) is 0 Å². The molecule has 0 saturated heterocycles. The molecule has 1 aromatic heterocycles. The lowest BCUT2D eigenvalue weighted by Crippen LogP contribution is -2.35. The van der Waals surface area contributed by atoms with Gasteiger partial charge < -0.3 is 10.3 Å². The summed E-state index contributed by atoms with van der Waals surface area (Å²) in [5.41, 5.74) is 2.33. The van der Waals surface area contributed by atoms with E-state index in [1.807, 2.05) is 19.9 Å². The van der Waals surface area contributed by atoms with Crippen LogP contribution in [0.15, 0.2) is 10.9 Å². The zero-order valence-electron chi connectivity index (χ0n) is 10.3. The molecular formula is C13H18N2O2. The standard InChI is InChI=1S/C13H18N2O2/c1-8-6-9(2)15-13(17)11(8)7-14-12(16)10-4-3-5-10/h6,10H,3-5,7H2,1-2H3,(H,14,16)(H,15,17). The van der Waals surface area contributed by atoms with Crippen molar-refractivity contribution in [2.45, 2.75) is 39.7 Å². The molecule has 4 heteroatoms. The summed E-state index contributed by atoms with van der Waals surface area (Å²) in [7, 11) is 0. The molecule has 0 unspecified atom stereocenters. The van der Waals surface area contributed by atoms with Gasteiger partial charge in [-0.2, -0.15) is 0 Å². The van der Waals surface area contributed by atoms with Gasteiger partial charge in [-0.05, 0) is 38.3 Å². The van der Waals surface area contributed by atoms with E-state index >= 15 is 0 Å². The fraction of sp³-hybridized carbons (Fsp3) is 0.538. The van der Waals surface area contributed by atoms with Crippen LogP contribution in [0, 0.1) is 19.8 Å². The van der Waals surface area contributed by atoms with E-state index in [4.69, 9.17) is 0 Å². The van der Waals surface area contributed by atoms with Gasteiger partial charge in [0.1, 0.15) is 0 Å². The molecule has 1 saturated carbocycles. The average molecular weight is 234 g/mol. The first-order chi connectivity index (χ1) is 8.08. The van der Waals surface area contributed by atoms with Gasteiger partial charge in [-0.3, -0.25) is 9.59 Å². The maximum absolute atomic E-state index is 11.7. The van der Waals surface area contributed by atoms with E-state index in [1.165, 1.54) is 0 Å². The number of hydrogen-bond acceptors (Lipinski definition) is 2. The number of amides is 1. The van der Waals surface area contributed by atoms with E-state index in [0.717, 1.165) is 30.5 Å². The first-order valence-corrected chi connectivity index (χ1v) is 6.05. The van der Waals surface area contributed by atoms with Gasteiger partial charge in [0.2, 0.25) is 5.91 Å². The molecule has 0 radical (unpaired) electrons. The molecule has 1 fully saturated rings. The SMILES string of the molecule is Cc1cc(C)c(CNC(=O)C2CCC2)c(=O)[nH]1. The van der Waals surface area contributed by atoms with E-state index in [1.54, 1.807) is 0 Å². The summed E-state index contributed by atoms with van der Waals surface area (Å²) in [5, 5.41) is 2.84. The molecule has 1 aromatic rings. The molecule has 17 heavy (non-hydrogen) atoms. The second kappa shape index (κ2) is 4.73. The Balaban J connectivity index is 2.03. The lowest BCUT2D eigenvalue weighted by Gasteiger charge is -2.24. The lowest BCUT2D eigenvalue weighted by molar-refractivity contribution is -0.127. The molecular weight excluding hydrogens is 216 g/mol. The first kappa shape index (κ1) is 11.9. The van der Waals surface area contributed by atoms with Crippen molar-refractivity contribution in [2.24, 2.45) is 5.92 Å². The Labute approximate surface area is 100 Å². The predicted molar refractivity (Wildman–Crippen MR) is 65.7 cm³/mol. The van der Waals surface area contributed by atoms with Crippen molar-refractivity contribution in [2.75, 3.05) is 0 Å². The lowest BCUT2D eigenvalue weighted by atomic mass is 9.85. The van der Waals surface area contributed by atoms with E-state index in [9.17, 15) is 9.59 Å². The summed E-state index contributed by atoms with van der Waals surface area (Å²) in [6.45, 7) is 4.08. The Morgan fingerprint density at radius 2 is 2.18 bits per heavy atom. The minimum absolute atomic E-state index is 0.0793. The number of hydrogen-bond donors (Lipinski definition) is 2. The number of carbonyl (C=O) groups is 1. The van der Waals surface area contributed by atoms with Crippen molar-refractivity contribution in [1.82, 2.24) is 10.3 Å². The maximum atomic E-state index is 11.7. The fourth-order valence-electron chi connectivity index (χ4n) is 2.09. The zero-order valence-corrected chi connectivity index (χ0v) is 10.3. The predicted octanol–water partition coefficient (Wildman–Crippen LogP) is 1.41. The zero-order chi connectivity index (χ0) is 12.4. The van der Waals surface area contributed by atoms with Gasteiger partial charge in [0.25, 0.3) is 5.56 Å². The van der Waals surface area contributed by atoms with Gasteiger partial charge in [-0.25, -0.2) is 0 Å². The Morgan fingerprint density at radius 3 is 2.71 bits per heavy atom. The molecule has 4 nitrogen and oxygen atoms in total. The average Bonchev–Trinajstić information content (AvgIpc) is 2.12. The van der Waals surface area contributed by atoms with Crippen molar-refractivity contribution in [3.8, 4) is 0 Å². The fourth-order valence-corrected chi connectivity index (χ4v) is 2.09. The summed E-state index contributed by atoms with van der Waals surface area (Å²) >= 11 is 0. The molecule has 1 heterocycles. The van der Waals surface area contributed by atoms with Crippen LogP contribution < -0.4 is 10.9 Å². The van der Waals surface area contributed by atoms with Crippen LogP contribution in [0.1, 0.15) is 36.1 Å². The summed E-state index contributed by atoms with van der Waals surface area (Å²) in [4.78, 5) is 26.1. The molecule has 1 aliphatic carbocycles. The highest BCUT2D eigenvalue weighted by atomic mass is 16.2. The third-order valence-electron chi connectivity index (χ3n) is 3.41. The third-order valence-corrected chi connectivity index (χ3v) is 3.41. The van der Waals surface area contributed by atoms with Gasteiger partial charge in [0, 0.05) is 23.7 Å². The number of aryl methyl sites for hydroxylation is 2. The summed E-state index contributed by atoms with van der Waals surface area (Å²) in [6.07, 6.45) is 3.10. The number of aromatic amines is 1. The molecule has 92 valence electrons. The highest BCUT2D eigenvalue weighted by Gasteiger charge is 2.24. The van der Waals surface area contributed by atoms with Crippen LogP contribution >= 0.6 is 0 Å². The first-order valence-electron chi connectivity index (χ1n) is 6.05. The topological polar surface area (TPSA) is 62.0 Å². The van der Waals surface area contributed by atoms with Gasteiger partial charge in [0.05, 0.1) is 0 Å². The molecule has 2 N–H and O–H groups in total. The van der Waals surface area contributed by atoms with Crippen LogP contribution in [0.3, 0.4) is 0 Å². The van der Waals surface area contributed by atoms with Crippen molar-refractivity contribution < 1.29 is 4.79 Å². The van der Waals surface area contributed by atoms with Crippen molar-refractivity contribution in [1.29, 1.82) is 0 Å². The Morgan fingerprint density at radius 1 is 1.47 bits per heavy atom. The molecule has 0 bridgehead atoms.